The molecule has 17 heavy (non-hydrogen) atoms. The van der Waals surface area contributed by atoms with Crippen LogP contribution >= 0.6 is 11.8 Å². The lowest BCUT2D eigenvalue weighted by Gasteiger charge is -2.23. The van der Waals surface area contributed by atoms with E-state index in [9.17, 15) is 0 Å². The zero-order valence-corrected chi connectivity index (χ0v) is 10.5. The first-order valence-electron chi connectivity index (χ1n) is 6.11. The maximum Gasteiger partial charge on any atom is 0.0703 e. The van der Waals surface area contributed by atoms with Gasteiger partial charge in [-0.05, 0) is 42.9 Å². The van der Waals surface area contributed by atoms with Gasteiger partial charge in [0, 0.05) is 29.1 Å². The van der Waals surface area contributed by atoms with Crippen molar-refractivity contribution in [3.8, 4) is 0 Å². The van der Waals surface area contributed by atoms with Crippen molar-refractivity contribution in [1.29, 1.82) is 0 Å². The Labute approximate surface area is 106 Å². The predicted octanol–water partition coefficient (Wildman–Crippen LogP) is 3.54. The first-order valence-corrected chi connectivity index (χ1v) is 7.26. The van der Waals surface area contributed by atoms with Crippen LogP contribution in [0.1, 0.15) is 12.8 Å². The number of hydrogen-bond acceptors (Lipinski definition) is 3. The highest BCUT2D eigenvalue weighted by atomic mass is 32.2. The van der Waals surface area contributed by atoms with Crippen LogP contribution in [0.25, 0.3) is 10.9 Å². The van der Waals surface area contributed by atoms with E-state index in [1.165, 1.54) is 35.4 Å². The molecule has 1 aromatic heterocycles. The Kier molecular flexibility index (Phi) is 3.18. The van der Waals surface area contributed by atoms with Gasteiger partial charge in [-0.2, -0.15) is 11.8 Å². The van der Waals surface area contributed by atoms with E-state index in [-0.39, 0.29) is 0 Å². The average molecular weight is 244 g/mol. The smallest absolute Gasteiger partial charge is 0.0703 e. The number of nitrogens with zero attached hydrogens (tertiary/aromatic N) is 1. The summed E-state index contributed by atoms with van der Waals surface area (Å²) in [4.78, 5) is 4.34. The number of anilines is 1. The number of nitrogens with one attached hydrogen (secondary N) is 1. The highest BCUT2D eigenvalue weighted by Crippen LogP contribution is 2.23. The van der Waals surface area contributed by atoms with Crippen molar-refractivity contribution in [2.75, 3.05) is 16.8 Å². The lowest BCUT2D eigenvalue weighted by atomic mass is 10.1. The molecule has 1 N–H and O–H groups in total. The van der Waals surface area contributed by atoms with Crippen LogP contribution in [0.5, 0.6) is 0 Å². The fraction of sp³-hybridized carbons (Fsp3) is 0.357. The van der Waals surface area contributed by atoms with E-state index in [2.05, 4.69) is 46.3 Å². The number of pyridine rings is 1. The first kappa shape index (κ1) is 10.9. The number of benzene rings is 1. The topological polar surface area (TPSA) is 24.9 Å². The van der Waals surface area contributed by atoms with Crippen LogP contribution < -0.4 is 5.32 Å². The van der Waals surface area contributed by atoms with Crippen molar-refractivity contribution in [2.45, 2.75) is 18.9 Å². The Morgan fingerprint density at radius 2 is 2.29 bits per heavy atom. The third-order valence-electron chi connectivity index (χ3n) is 3.13. The average Bonchev–Trinajstić information content (AvgIpc) is 2.40. The molecule has 2 nitrogen and oxygen atoms in total. The van der Waals surface area contributed by atoms with Crippen LogP contribution in [-0.4, -0.2) is 22.5 Å². The van der Waals surface area contributed by atoms with Crippen LogP contribution in [-0.2, 0) is 0 Å². The van der Waals surface area contributed by atoms with Gasteiger partial charge in [0.2, 0.25) is 0 Å². The third-order valence-corrected chi connectivity index (χ3v) is 4.35. The van der Waals surface area contributed by atoms with E-state index in [1.54, 1.807) is 0 Å². The normalized spacial score (nSPS) is 20.4. The van der Waals surface area contributed by atoms with E-state index in [4.69, 9.17) is 0 Å². The Hall–Kier alpha value is -1.22. The monoisotopic (exact) mass is 244 g/mol. The number of hydrogen-bond donors (Lipinski definition) is 1. The summed E-state index contributed by atoms with van der Waals surface area (Å²) < 4.78 is 0. The second-order valence-electron chi connectivity index (χ2n) is 4.47. The Bertz CT molecular complexity index is 506. The molecule has 2 heterocycles. The van der Waals surface area contributed by atoms with E-state index in [1.807, 2.05) is 12.3 Å². The molecule has 2 aromatic rings. The third kappa shape index (κ3) is 2.55. The number of thioether (sulfide) groups is 1. The van der Waals surface area contributed by atoms with Crippen LogP contribution in [0.15, 0.2) is 36.5 Å². The van der Waals surface area contributed by atoms with Gasteiger partial charge in [-0.1, -0.05) is 6.07 Å². The molecular formula is C14H16N2S. The van der Waals surface area contributed by atoms with E-state index in [0.717, 1.165) is 5.52 Å². The van der Waals surface area contributed by atoms with Crippen LogP contribution in [0, 0.1) is 0 Å². The minimum Gasteiger partial charge on any atom is -0.381 e. The van der Waals surface area contributed by atoms with Crippen molar-refractivity contribution in [3.63, 3.8) is 0 Å². The molecule has 1 saturated heterocycles. The molecule has 0 bridgehead atoms. The fourth-order valence-corrected chi connectivity index (χ4v) is 3.33. The summed E-state index contributed by atoms with van der Waals surface area (Å²) in [5.41, 5.74) is 2.29. The number of rotatable bonds is 2. The molecule has 1 fully saturated rings. The van der Waals surface area contributed by atoms with Crippen LogP contribution in [0.2, 0.25) is 0 Å². The summed E-state index contributed by atoms with van der Waals surface area (Å²) in [6.45, 7) is 0. The number of aromatic nitrogens is 1. The Balaban J connectivity index is 1.80. The second-order valence-corrected chi connectivity index (χ2v) is 5.62. The lowest BCUT2D eigenvalue weighted by molar-refractivity contribution is 0.685. The van der Waals surface area contributed by atoms with Crippen molar-refractivity contribution < 1.29 is 0 Å². The van der Waals surface area contributed by atoms with E-state index in [0.29, 0.717) is 6.04 Å². The maximum absolute atomic E-state index is 4.34. The molecule has 0 aliphatic carbocycles. The molecule has 3 heteroatoms. The molecule has 88 valence electrons. The quantitative estimate of drug-likeness (QED) is 0.874. The summed E-state index contributed by atoms with van der Waals surface area (Å²) in [7, 11) is 0. The van der Waals surface area contributed by atoms with Crippen molar-refractivity contribution in [3.05, 3.63) is 36.5 Å². The molecule has 0 spiro atoms. The van der Waals surface area contributed by atoms with Gasteiger partial charge in [-0.3, -0.25) is 4.98 Å². The SMILES string of the molecule is c1cnc2ccc(NC3CCCSC3)cc2c1. The van der Waals surface area contributed by atoms with Gasteiger partial charge in [0.25, 0.3) is 0 Å². The molecule has 0 radical (unpaired) electrons. The predicted molar refractivity (Wildman–Crippen MR) is 75.7 cm³/mol. The standard InChI is InChI=1S/C14H16N2S/c1-3-11-9-12(5-6-14(11)15-7-1)16-13-4-2-8-17-10-13/h1,3,5-7,9,13,16H,2,4,8,10H2. The summed E-state index contributed by atoms with van der Waals surface area (Å²) in [6, 6.07) is 11.2. The van der Waals surface area contributed by atoms with Gasteiger partial charge in [-0.25, -0.2) is 0 Å². The lowest BCUT2D eigenvalue weighted by Crippen LogP contribution is -2.25. The summed E-state index contributed by atoms with van der Waals surface area (Å²) in [6.07, 6.45) is 4.46. The minimum atomic E-state index is 0.628. The van der Waals surface area contributed by atoms with Crippen molar-refractivity contribution in [1.82, 2.24) is 4.98 Å². The van der Waals surface area contributed by atoms with Gasteiger partial charge < -0.3 is 5.32 Å². The van der Waals surface area contributed by atoms with Crippen molar-refractivity contribution >= 4 is 28.4 Å². The van der Waals surface area contributed by atoms with E-state index < -0.39 is 0 Å². The van der Waals surface area contributed by atoms with Crippen LogP contribution in [0.4, 0.5) is 5.69 Å². The molecule has 0 amide bonds. The summed E-state index contributed by atoms with van der Waals surface area (Å²) >= 11 is 2.05. The summed E-state index contributed by atoms with van der Waals surface area (Å²) in [5.74, 6) is 2.55. The fourth-order valence-electron chi connectivity index (χ4n) is 2.26. The first-order chi connectivity index (χ1) is 8.42. The molecule has 1 aliphatic heterocycles. The second kappa shape index (κ2) is 4.96. The van der Waals surface area contributed by atoms with Gasteiger partial charge in [0.15, 0.2) is 0 Å². The highest BCUT2D eigenvalue weighted by Gasteiger charge is 2.13. The molecule has 3 rings (SSSR count). The van der Waals surface area contributed by atoms with Gasteiger partial charge in [0.1, 0.15) is 0 Å². The van der Waals surface area contributed by atoms with Gasteiger partial charge in [0.05, 0.1) is 5.52 Å². The van der Waals surface area contributed by atoms with Gasteiger partial charge >= 0.3 is 0 Å². The molecule has 1 aromatic carbocycles. The zero-order chi connectivity index (χ0) is 11.5. The molecule has 0 saturated carbocycles. The molecule has 1 aliphatic rings. The molecule has 1 unspecified atom stereocenters. The highest BCUT2D eigenvalue weighted by molar-refractivity contribution is 7.99. The maximum atomic E-state index is 4.34. The molecule has 1 atom stereocenters. The molecular weight excluding hydrogens is 228 g/mol. The minimum absolute atomic E-state index is 0.628. The Morgan fingerprint density at radius 3 is 3.18 bits per heavy atom. The largest absolute Gasteiger partial charge is 0.381 e. The van der Waals surface area contributed by atoms with Crippen molar-refractivity contribution in [2.24, 2.45) is 0 Å². The summed E-state index contributed by atoms with van der Waals surface area (Å²) in [5, 5.41) is 4.83. The van der Waals surface area contributed by atoms with Crippen LogP contribution in [0.3, 0.4) is 0 Å². The Morgan fingerprint density at radius 1 is 1.29 bits per heavy atom. The number of fused-ring (bicyclic) bond motifs is 1. The zero-order valence-electron chi connectivity index (χ0n) is 9.73. The van der Waals surface area contributed by atoms with Gasteiger partial charge in [-0.15, -0.1) is 0 Å². The van der Waals surface area contributed by atoms with E-state index >= 15 is 0 Å².